The molecule has 0 saturated heterocycles. The fourth-order valence-corrected chi connectivity index (χ4v) is 2.35. The molecule has 9 heteroatoms. The van der Waals surface area contributed by atoms with Crippen molar-refractivity contribution in [2.75, 3.05) is 6.61 Å². The highest BCUT2D eigenvalue weighted by atomic mass is 19.4. The molecule has 0 aliphatic carbocycles. The molecule has 186 valence electrons. The summed E-state index contributed by atoms with van der Waals surface area (Å²) in [5, 5.41) is 10.1. The summed E-state index contributed by atoms with van der Waals surface area (Å²) in [5.41, 5.74) is 4.05. The first-order valence-electron chi connectivity index (χ1n) is 11.1. The third-order valence-corrected chi connectivity index (χ3v) is 4.25. The van der Waals surface area contributed by atoms with E-state index in [4.69, 9.17) is 20.4 Å². The van der Waals surface area contributed by atoms with Crippen LogP contribution in [0.4, 0.5) is 13.2 Å². The minimum absolute atomic E-state index is 0.0102. The van der Waals surface area contributed by atoms with E-state index in [1.165, 1.54) is 38.0 Å². The summed E-state index contributed by atoms with van der Waals surface area (Å²) in [6.07, 6.45) is 2.43. The lowest BCUT2D eigenvalue weighted by molar-refractivity contribution is -0.138. The molecular formula is C24H37F3N4O2. The van der Waals surface area contributed by atoms with Gasteiger partial charge in [-0.15, -0.1) is 0 Å². The van der Waals surface area contributed by atoms with Gasteiger partial charge >= 0.3 is 6.18 Å². The van der Waals surface area contributed by atoms with Crippen molar-refractivity contribution in [1.82, 2.24) is 10.1 Å². The van der Waals surface area contributed by atoms with Crippen LogP contribution in [0.25, 0.3) is 11.4 Å². The zero-order valence-corrected chi connectivity index (χ0v) is 20.3. The third-order valence-electron chi connectivity index (χ3n) is 4.25. The standard InChI is InChI=1S/C18H21F3N2O2.C4H10.C2H6N2/c1-4-6-7-12(3)17-22-16(23-25-17)13-8-9-15(24-10-5-2)14(11-13)18(19,20)21;1-3-4-2;1-2(3)4/h5,8-9,11-12H,2,4,6-7,10H2,1,3H3;3-4H2,1-2H3;1H3,(H3,3,4)/t12-;;/m0../s1. The van der Waals surface area contributed by atoms with Crippen LogP contribution in [0.15, 0.2) is 35.4 Å². The van der Waals surface area contributed by atoms with E-state index in [2.05, 4.69) is 37.5 Å². The highest BCUT2D eigenvalue weighted by Gasteiger charge is 2.35. The molecule has 1 aromatic heterocycles. The first-order valence-corrected chi connectivity index (χ1v) is 11.1. The summed E-state index contributed by atoms with van der Waals surface area (Å²) in [6, 6.07) is 3.72. The van der Waals surface area contributed by atoms with Crippen LogP contribution in [0.5, 0.6) is 5.75 Å². The number of hydrogen-bond donors (Lipinski definition) is 2. The van der Waals surface area contributed by atoms with Gasteiger partial charge in [-0.2, -0.15) is 18.2 Å². The first kappa shape index (κ1) is 30.2. The number of aromatic nitrogens is 2. The predicted molar refractivity (Wildman–Crippen MR) is 127 cm³/mol. The molecule has 0 fully saturated rings. The van der Waals surface area contributed by atoms with Crippen LogP contribution >= 0.6 is 0 Å². The van der Waals surface area contributed by atoms with E-state index in [9.17, 15) is 13.2 Å². The molecule has 2 aromatic rings. The smallest absolute Gasteiger partial charge is 0.419 e. The molecule has 0 unspecified atom stereocenters. The van der Waals surface area contributed by atoms with Crippen molar-refractivity contribution in [3.8, 4) is 17.1 Å². The highest BCUT2D eigenvalue weighted by molar-refractivity contribution is 5.73. The lowest BCUT2D eigenvalue weighted by Crippen LogP contribution is -2.09. The van der Waals surface area contributed by atoms with Gasteiger partial charge in [0, 0.05) is 11.5 Å². The maximum Gasteiger partial charge on any atom is 0.419 e. The number of hydrogen-bond acceptors (Lipinski definition) is 5. The van der Waals surface area contributed by atoms with E-state index >= 15 is 0 Å². The Balaban J connectivity index is 0.00000111. The van der Waals surface area contributed by atoms with Gasteiger partial charge in [0.25, 0.3) is 0 Å². The van der Waals surface area contributed by atoms with Crippen LogP contribution in [0.3, 0.4) is 0 Å². The maximum absolute atomic E-state index is 13.3. The summed E-state index contributed by atoms with van der Waals surface area (Å²) >= 11 is 0. The van der Waals surface area contributed by atoms with Gasteiger partial charge in [0.2, 0.25) is 11.7 Å². The Hall–Kier alpha value is -2.84. The fourth-order valence-electron chi connectivity index (χ4n) is 2.35. The molecule has 0 amide bonds. The van der Waals surface area contributed by atoms with Crippen molar-refractivity contribution in [3.63, 3.8) is 0 Å². The molecule has 0 aliphatic rings. The topological polar surface area (TPSA) is 98.0 Å². The molecule has 6 nitrogen and oxygen atoms in total. The minimum Gasteiger partial charge on any atom is -0.489 e. The second-order valence-corrected chi connectivity index (χ2v) is 7.49. The summed E-state index contributed by atoms with van der Waals surface area (Å²) in [4.78, 5) is 4.25. The van der Waals surface area contributed by atoms with Gasteiger partial charge in [-0.3, -0.25) is 5.41 Å². The number of halogens is 3. The average Bonchev–Trinajstić information content (AvgIpc) is 3.25. The number of rotatable bonds is 9. The number of ether oxygens (including phenoxy) is 1. The quantitative estimate of drug-likeness (QED) is 0.227. The summed E-state index contributed by atoms with van der Waals surface area (Å²) < 4.78 is 50.1. The molecule has 2 rings (SSSR count). The van der Waals surface area contributed by atoms with Crippen LogP contribution in [0.1, 0.15) is 84.1 Å². The Morgan fingerprint density at radius 1 is 1.24 bits per heavy atom. The van der Waals surface area contributed by atoms with E-state index in [1.54, 1.807) is 0 Å². The largest absolute Gasteiger partial charge is 0.489 e. The Morgan fingerprint density at radius 2 is 1.85 bits per heavy atom. The van der Waals surface area contributed by atoms with Gasteiger partial charge in [0.1, 0.15) is 12.4 Å². The van der Waals surface area contributed by atoms with Crippen molar-refractivity contribution in [3.05, 3.63) is 42.3 Å². The van der Waals surface area contributed by atoms with E-state index in [0.717, 1.165) is 25.3 Å². The van der Waals surface area contributed by atoms with Crippen molar-refractivity contribution in [1.29, 1.82) is 5.41 Å². The van der Waals surface area contributed by atoms with Gasteiger partial charge in [-0.1, -0.05) is 71.2 Å². The molecule has 0 spiro atoms. The van der Waals surface area contributed by atoms with Gasteiger partial charge < -0.3 is 15.0 Å². The molecule has 0 bridgehead atoms. The molecule has 0 radical (unpaired) electrons. The second kappa shape index (κ2) is 15.9. The van der Waals surface area contributed by atoms with Crippen molar-refractivity contribution >= 4 is 5.84 Å². The lowest BCUT2D eigenvalue weighted by atomic mass is 10.0. The van der Waals surface area contributed by atoms with Gasteiger partial charge in [0.05, 0.1) is 11.4 Å². The number of nitrogens with two attached hydrogens (primary N) is 1. The van der Waals surface area contributed by atoms with Crippen molar-refractivity contribution < 1.29 is 22.4 Å². The highest BCUT2D eigenvalue weighted by Crippen LogP contribution is 2.38. The van der Waals surface area contributed by atoms with Crippen LogP contribution in [-0.4, -0.2) is 22.6 Å². The van der Waals surface area contributed by atoms with Gasteiger partial charge in [-0.25, -0.2) is 0 Å². The first-order chi connectivity index (χ1) is 15.5. The zero-order valence-electron chi connectivity index (χ0n) is 20.3. The summed E-state index contributed by atoms with van der Waals surface area (Å²) in [7, 11) is 0. The lowest BCUT2D eigenvalue weighted by Gasteiger charge is -2.13. The van der Waals surface area contributed by atoms with E-state index in [-0.39, 0.29) is 35.5 Å². The zero-order chi connectivity index (χ0) is 25.4. The average molecular weight is 471 g/mol. The Labute approximate surface area is 194 Å². The number of unbranched alkanes of at least 4 members (excludes halogenated alkanes) is 2. The van der Waals surface area contributed by atoms with Gasteiger partial charge in [0.15, 0.2) is 0 Å². The van der Waals surface area contributed by atoms with Crippen LogP contribution in [-0.2, 0) is 6.18 Å². The SMILES string of the molecule is C=CCOc1ccc(-c2noc([C@@H](C)CCCC)n2)cc1C(F)(F)F.CC(=N)N.CCCC. The molecule has 1 heterocycles. The molecular weight excluding hydrogens is 433 g/mol. The fraction of sp³-hybridized carbons (Fsp3) is 0.542. The maximum atomic E-state index is 13.3. The normalized spacial score (nSPS) is 11.4. The van der Waals surface area contributed by atoms with Crippen LogP contribution in [0.2, 0.25) is 0 Å². The van der Waals surface area contributed by atoms with Crippen molar-refractivity contribution in [2.45, 2.75) is 78.8 Å². The molecule has 0 saturated carbocycles. The predicted octanol–water partition coefficient (Wildman–Crippen LogP) is 7.36. The van der Waals surface area contributed by atoms with E-state index in [0.29, 0.717) is 5.89 Å². The third kappa shape index (κ3) is 12.1. The van der Waals surface area contributed by atoms with Gasteiger partial charge in [-0.05, 0) is 31.5 Å². The number of alkyl halides is 3. The Bertz CT molecular complexity index is 829. The molecule has 0 aliphatic heterocycles. The van der Waals surface area contributed by atoms with E-state index < -0.39 is 11.7 Å². The Morgan fingerprint density at radius 3 is 2.33 bits per heavy atom. The van der Waals surface area contributed by atoms with Crippen molar-refractivity contribution in [2.24, 2.45) is 5.73 Å². The summed E-state index contributed by atoms with van der Waals surface area (Å²) in [6.45, 7) is 13.4. The molecule has 33 heavy (non-hydrogen) atoms. The van der Waals surface area contributed by atoms with Crippen LogP contribution in [0, 0.1) is 5.41 Å². The summed E-state index contributed by atoms with van der Waals surface area (Å²) in [5.74, 6) is 0.553. The second-order valence-electron chi connectivity index (χ2n) is 7.49. The molecule has 1 aromatic carbocycles. The number of amidine groups is 1. The number of nitrogens with one attached hydrogen (secondary N) is 1. The van der Waals surface area contributed by atoms with E-state index in [1.807, 2.05) is 6.92 Å². The Kier molecular flexibility index (Phi) is 14.5. The molecule has 3 N–H and O–H groups in total. The van der Waals surface area contributed by atoms with Crippen LogP contribution < -0.4 is 10.5 Å². The number of nitrogens with zero attached hydrogens (tertiary/aromatic N) is 2. The number of benzene rings is 1. The molecule has 1 atom stereocenters. The monoisotopic (exact) mass is 470 g/mol. The minimum atomic E-state index is -4.55.